The largest absolute Gasteiger partial charge is 0.375 e. The minimum atomic E-state index is -3.66. The molecule has 0 saturated carbocycles. The lowest BCUT2D eigenvalue weighted by molar-refractivity contribution is 0.578. The fourth-order valence-corrected chi connectivity index (χ4v) is 4.34. The van der Waals surface area contributed by atoms with Crippen molar-refractivity contribution in [1.29, 1.82) is 0 Å². The summed E-state index contributed by atoms with van der Waals surface area (Å²) in [5.74, 6) is -0.0562. The van der Waals surface area contributed by atoms with Crippen LogP contribution in [0.15, 0.2) is 4.21 Å². The molecule has 0 radical (unpaired) electrons. The molecule has 10 heteroatoms. The van der Waals surface area contributed by atoms with Crippen LogP contribution in [0.2, 0.25) is 0 Å². The monoisotopic (exact) mass is 313 g/mol. The summed E-state index contributed by atoms with van der Waals surface area (Å²) in [4.78, 5) is 3.83. The summed E-state index contributed by atoms with van der Waals surface area (Å²) in [7, 11) is -6.73. The van der Waals surface area contributed by atoms with E-state index >= 15 is 0 Å². The summed E-state index contributed by atoms with van der Waals surface area (Å²) < 4.78 is 47.8. The van der Waals surface area contributed by atoms with Gasteiger partial charge in [0, 0.05) is 12.8 Å². The first-order valence-electron chi connectivity index (χ1n) is 5.02. The Hall–Kier alpha value is -0.710. The van der Waals surface area contributed by atoms with Crippen molar-refractivity contribution in [3.63, 3.8) is 0 Å². The average molecular weight is 313 g/mol. The van der Waals surface area contributed by atoms with Gasteiger partial charge >= 0.3 is 0 Å². The van der Waals surface area contributed by atoms with Crippen LogP contribution in [0.25, 0.3) is 0 Å². The number of anilines is 1. The zero-order valence-electron chi connectivity index (χ0n) is 10.0. The van der Waals surface area contributed by atoms with E-state index < -0.39 is 19.9 Å². The van der Waals surface area contributed by atoms with Gasteiger partial charge in [-0.1, -0.05) is 11.3 Å². The highest BCUT2D eigenvalue weighted by Crippen LogP contribution is 2.24. The third-order valence-electron chi connectivity index (χ3n) is 2.00. The van der Waals surface area contributed by atoms with Gasteiger partial charge in [0.2, 0.25) is 0 Å². The number of nitrogen functional groups attached to an aromatic ring is 1. The quantitative estimate of drug-likeness (QED) is 0.699. The number of thiazole rings is 1. The molecule has 0 aliphatic rings. The van der Waals surface area contributed by atoms with Crippen LogP contribution in [0.5, 0.6) is 0 Å². The van der Waals surface area contributed by atoms with Gasteiger partial charge in [-0.2, -0.15) is 0 Å². The minimum Gasteiger partial charge on any atom is -0.375 e. The normalized spacial score (nSPS) is 12.8. The number of nitrogens with zero attached hydrogens (tertiary/aromatic N) is 1. The molecule has 7 nitrogen and oxygen atoms in total. The van der Waals surface area contributed by atoms with Crippen molar-refractivity contribution in [1.82, 2.24) is 9.71 Å². The van der Waals surface area contributed by atoms with Crippen LogP contribution in [0.3, 0.4) is 0 Å². The van der Waals surface area contributed by atoms with Crippen LogP contribution in [-0.2, 0) is 19.9 Å². The molecule has 1 heterocycles. The van der Waals surface area contributed by atoms with E-state index in [0.29, 0.717) is 5.69 Å². The molecule has 1 aromatic rings. The van der Waals surface area contributed by atoms with Gasteiger partial charge in [-0.3, -0.25) is 0 Å². The smallest absolute Gasteiger partial charge is 0.252 e. The third-order valence-corrected chi connectivity index (χ3v) is 6.09. The molecule has 0 aliphatic heterocycles. The van der Waals surface area contributed by atoms with Crippen molar-refractivity contribution in [2.24, 2.45) is 0 Å². The van der Waals surface area contributed by atoms with Crippen molar-refractivity contribution in [2.75, 3.05) is 24.3 Å². The number of hydrogen-bond acceptors (Lipinski definition) is 7. The summed E-state index contributed by atoms with van der Waals surface area (Å²) in [6.07, 6.45) is 1.33. The minimum absolute atomic E-state index is 0.0562. The predicted octanol–water partition coefficient (Wildman–Crippen LogP) is -0.253. The van der Waals surface area contributed by atoms with Crippen LogP contribution in [-0.4, -0.2) is 40.4 Å². The number of sulfonamides is 1. The topological polar surface area (TPSA) is 119 Å². The first kappa shape index (κ1) is 15.3. The van der Waals surface area contributed by atoms with Crippen LogP contribution >= 0.6 is 11.3 Å². The van der Waals surface area contributed by atoms with Gasteiger partial charge in [-0.05, 0) is 13.3 Å². The first-order valence-corrected chi connectivity index (χ1v) is 9.38. The predicted molar refractivity (Wildman–Crippen MR) is 70.8 cm³/mol. The van der Waals surface area contributed by atoms with Crippen molar-refractivity contribution < 1.29 is 16.8 Å². The Morgan fingerprint density at radius 3 is 2.39 bits per heavy atom. The van der Waals surface area contributed by atoms with Gasteiger partial charge in [0.05, 0.1) is 11.4 Å². The van der Waals surface area contributed by atoms with Crippen LogP contribution in [0.1, 0.15) is 12.1 Å². The summed E-state index contributed by atoms with van der Waals surface area (Å²) in [5.41, 5.74) is 5.76. The third kappa shape index (κ3) is 4.52. The lowest BCUT2D eigenvalue weighted by Crippen LogP contribution is -2.26. The Kier molecular flexibility index (Phi) is 4.70. The van der Waals surface area contributed by atoms with Crippen molar-refractivity contribution in [2.45, 2.75) is 17.6 Å². The van der Waals surface area contributed by atoms with Gasteiger partial charge in [0.15, 0.2) is 9.34 Å². The lowest BCUT2D eigenvalue weighted by Gasteiger charge is -2.04. The number of hydrogen-bond donors (Lipinski definition) is 2. The first-order chi connectivity index (χ1) is 8.12. The number of rotatable bonds is 6. The number of aryl methyl sites for hydroxylation is 1. The van der Waals surface area contributed by atoms with Crippen molar-refractivity contribution in [3.8, 4) is 0 Å². The second kappa shape index (κ2) is 5.51. The number of aromatic nitrogens is 1. The van der Waals surface area contributed by atoms with Crippen molar-refractivity contribution >= 4 is 36.3 Å². The SMILES string of the molecule is Cc1nc(N)sc1S(=O)(=O)NCCCS(C)(=O)=O. The van der Waals surface area contributed by atoms with Gasteiger partial charge < -0.3 is 5.73 Å². The van der Waals surface area contributed by atoms with E-state index in [0.717, 1.165) is 17.6 Å². The highest BCUT2D eigenvalue weighted by Gasteiger charge is 2.20. The van der Waals surface area contributed by atoms with E-state index in [1.165, 1.54) is 0 Å². The Bertz CT molecular complexity index is 618. The highest BCUT2D eigenvalue weighted by atomic mass is 32.2. The second-order valence-electron chi connectivity index (χ2n) is 3.81. The molecule has 0 aromatic carbocycles. The fourth-order valence-electron chi connectivity index (χ4n) is 1.26. The molecule has 0 unspecified atom stereocenters. The van der Waals surface area contributed by atoms with Crippen molar-refractivity contribution in [3.05, 3.63) is 5.69 Å². The highest BCUT2D eigenvalue weighted by molar-refractivity contribution is 7.91. The van der Waals surface area contributed by atoms with Gasteiger partial charge in [0.25, 0.3) is 10.0 Å². The molecular formula is C8H15N3O4S3. The van der Waals surface area contributed by atoms with E-state index in [4.69, 9.17) is 5.73 Å². The van der Waals surface area contributed by atoms with Crippen LogP contribution < -0.4 is 10.5 Å². The number of sulfone groups is 1. The number of nitrogens with two attached hydrogens (primary N) is 1. The van der Waals surface area contributed by atoms with E-state index in [1.807, 2.05) is 0 Å². The van der Waals surface area contributed by atoms with E-state index in [2.05, 4.69) is 9.71 Å². The lowest BCUT2D eigenvalue weighted by atomic mass is 10.5. The molecular weight excluding hydrogens is 298 g/mol. The molecule has 0 atom stereocenters. The molecule has 0 aliphatic carbocycles. The summed E-state index contributed by atoms with van der Waals surface area (Å²) in [5, 5.41) is 0.184. The van der Waals surface area contributed by atoms with Gasteiger partial charge in [0.1, 0.15) is 9.84 Å². The second-order valence-corrected chi connectivity index (χ2v) is 9.06. The Morgan fingerprint density at radius 2 is 1.94 bits per heavy atom. The molecule has 1 rings (SSSR count). The molecule has 3 N–H and O–H groups in total. The summed E-state index contributed by atoms with van der Waals surface area (Å²) in [6, 6.07) is 0. The zero-order chi connectivity index (χ0) is 14.0. The van der Waals surface area contributed by atoms with Gasteiger partial charge in [-0.25, -0.2) is 26.5 Å². The van der Waals surface area contributed by atoms with E-state index in [1.54, 1.807) is 6.92 Å². The molecule has 0 spiro atoms. The zero-order valence-corrected chi connectivity index (χ0v) is 12.5. The summed E-state index contributed by atoms with van der Waals surface area (Å²) in [6.45, 7) is 1.62. The number of nitrogens with one attached hydrogen (secondary N) is 1. The summed E-state index contributed by atoms with van der Waals surface area (Å²) >= 11 is 0.883. The maximum atomic E-state index is 11.8. The molecule has 18 heavy (non-hydrogen) atoms. The molecule has 1 aromatic heterocycles. The fraction of sp³-hybridized carbons (Fsp3) is 0.625. The Balaban J connectivity index is 2.64. The molecule has 0 amide bonds. The Labute approximate surface area is 110 Å². The standard InChI is InChI=1S/C8H15N3O4S3/c1-6-7(16-8(9)11-6)18(14,15)10-4-3-5-17(2,12)13/h10H,3-5H2,1-2H3,(H2,9,11). The molecule has 0 fully saturated rings. The average Bonchev–Trinajstić information content (AvgIpc) is 2.52. The molecule has 0 saturated heterocycles. The maximum absolute atomic E-state index is 11.8. The van der Waals surface area contributed by atoms with Crippen LogP contribution in [0.4, 0.5) is 5.13 Å². The maximum Gasteiger partial charge on any atom is 0.252 e. The van der Waals surface area contributed by atoms with E-state index in [9.17, 15) is 16.8 Å². The molecule has 0 bridgehead atoms. The van der Waals surface area contributed by atoms with Crippen LogP contribution in [0, 0.1) is 6.92 Å². The Morgan fingerprint density at radius 1 is 1.33 bits per heavy atom. The molecule has 104 valence electrons. The van der Waals surface area contributed by atoms with E-state index in [-0.39, 0.29) is 28.1 Å². The van der Waals surface area contributed by atoms with Gasteiger partial charge in [-0.15, -0.1) is 0 Å².